The third-order valence-corrected chi connectivity index (χ3v) is 6.37. The number of imidazole rings is 1. The summed E-state index contributed by atoms with van der Waals surface area (Å²) >= 11 is 0. The minimum Gasteiger partial charge on any atom is -0.494 e. The Morgan fingerprint density at radius 1 is 1.06 bits per heavy atom. The van der Waals surface area contributed by atoms with Gasteiger partial charge in [-0.2, -0.15) is 0 Å². The van der Waals surface area contributed by atoms with Gasteiger partial charge in [-0.1, -0.05) is 37.5 Å². The molecule has 2 aromatic carbocycles. The van der Waals surface area contributed by atoms with Crippen molar-refractivity contribution in [2.24, 2.45) is 5.92 Å². The van der Waals surface area contributed by atoms with Crippen molar-refractivity contribution >= 4 is 16.9 Å². The van der Waals surface area contributed by atoms with Gasteiger partial charge >= 0.3 is 0 Å². The molecule has 5 heteroatoms. The maximum atomic E-state index is 12.6. The summed E-state index contributed by atoms with van der Waals surface area (Å²) in [6.07, 6.45) is 7.59. The topological polar surface area (TPSA) is 56.1 Å². The first-order chi connectivity index (χ1) is 15.6. The largest absolute Gasteiger partial charge is 0.494 e. The monoisotopic (exact) mass is 433 g/mol. The number of nitrogens with one attached hydrogen (secondary N) is 1. The van der Waals surface area contributed by atoms with E-state index in [0.29, 0.717) is 13.2 Å². The summed E-state index contributed by atoms with van der Waals surface area (Å²) in [7, 11) is 0. The molecule has 0 spiro atoms. The van der Waals surface area contributed by atoms with Crippen LogP contribution in [0.25, 0.3) is 11.0 Å². The standard InChI is InChI=1S/C27H35N3O2/c1-20-16-21(2)18-23(17-20)32-15-9-8-14-30-25-13-7-6-12-24(25)29-26(30)19-28-27(31)22-10-4-3-5-11-22/h6-7,12-13,16-18,22H,3-5,8-11,14-15,19H2,1-2H3,(H,28,31). The average Bonchev–Trinajstić information content (AvgIpc) is 3.14. The lowest BCUT2D eigenvalue weighted by molar-refractivity contribution is -0.126. The Morgan fingerprint density at radius 3 is 2.59 bits per heavy atom. The molecular formula is C27H35N3O2. The van der Waals surface area contributed by atoms with Crippen LogP contribution in [-0.4, -0.2) is 22.1 Å². The van der Waals surface area contributed by atoms with E-state index in [2.05, 4.69) is 48.0 Å². The Hall–Kier alpha value is -2.82. The van der Waals surface area contributed by atoms with E-state index in [4.69, 9.17) is 9.72 Å². The zero-order valence-electron chi connectivity index (χ0n) is 19.4. The number of hydrogen-bond donors (Lipinski definition) is 1. The summed E-state index contributed by atoms with van der Waals surface area (Å²) in [5.74, 6) is 2.24. The lowest BCUT2D eigenvalue weighted by Crippen LogP contribution is -2.32. The molecule has 1 aromatic heterocycles. The number of amides is 1. The normalized spacial score (nSPS) is 14.6. The van der Waals surface area contributed by atoms with E-state index in [1.807, 2.05) is 18.2 Å². The highest BCUT2D eigenvalue weighted by Gasteiger charge is 2.21. The molecule has 0 unspecified atom stereocenters. The number of carbonyl (C=O) groups excluding carboxylic acids is 1. The Labute approximate surface area is 191 Å². The number of benzene rings is 2. The molecule has 32 heavy (non-hydrogen) atoms. The number of nitrogens with zero attached hydrogens (tertiary/aromatic N) is 2. The van der Waals surface area contributed by atoms with E-state index in [1.54, 1.807) is 0 Å². The van der Waals surface area contributed by atoms with E-state index < -0.39 is 0 Å². The van der Waals surface area contributed by atoms with E-state index in [0.717, 1.165) is 54.8 Å². The molecule has 0 radical (unpaired) electrons. The highest BCUT2D eigenvalue weighted by molar-refractivity contribution is 5.79. The summed E-state index contributed by atoms with van der Waals surface area (Å²) in [4.78, 5) is 17.4. The van der Waals surface area contributed by atoms with Crippen molar-refractivity contribution in [1.82, 2.24) is 14.9 Å². The molecule has 1 heterocycles. The van der Waals surface area contributed by atoms with Crippen molar-refractivity contribution < 1.29 is 9.53 Å². The van der Waals surface area contributed by atoms with Crippen molar-refractivity contribution in [3.8, 4) is 5.75 Å². The van der Waals surface area contributed by atoms with E-state index >= 15 is 0 Å². The Kier molecular flexibility index (Phi) is 7.46. The van der Waals surface area contributed by atoms with Gasteiger partial charge in [-0.15, -0.1) is 0 Å². The van der Waals surface area contributed by atoms with Gasteiger partial charge in [0.2, 0.25) is 5.91 Å². The Bertz CT molecular complexity index is 1030. The summed E-state index contributed by atoms with van der Waals surface area (Å²) in [5.41, 5.74) is 4.57. The van der Waals surface area contributed by atoms with E-state index in [1.165, 1.54) is 30.4 Å². The number of aromatic nitrogens is 2. The molecule has 0 bridgehead atoms. The number of rotatable bonds is 9. The van der Waals surface area contributed by atoms with Crippen molar-refractivity contribution in [3.05, 3.63) is 59.4 Å². The SMILES string of the molecule is Cc1cc(C)cc(OCCCCn2c(CNC(=O)C3CCCCC3)nc3ccccc32)c1. The Morgan fingerprint density at radius 2 is 1.81 bits per heavy atom. The quantitative estimate of drug-likeness (QED) is 0.440. The first-order valence-corrected chi connectivity index (χ1v) is 12.0. The predicted octanol–water partition coefficient (Wildman–Crippen LogP) is 5.71. The van der Waals surface area contributed by atoms with Gasteiger partial charge in [0.25, 0.3) is 0 Å². The molecule has 1 aliphatic rings. The van der Waals surface area contributed by atoms with Crippen molar-refractivity contribution in [3.63, 3.8) is 0 Å². The maximum Gasteiger partial charge on any atom is 0.223 e. The molecule has 1 saturated carbocycles. The van der Waals surface area contributed by atoms with Crippen molar-refractivity contribution in [1.29, 1.82) is 0 Å². The fraction of sp³-hybridized carbons (Fsp3) is 0.481. The maximum absolute atomic E-state index is 12.6. The molecule has 1 aliphatic carbocycles. The number of ether oxygens (including phenoxy) is 1. The number of hydrogen-bond acceptors (Lipinski definition) is 3. The van der Waals surface area contributed by atoms with Crippen LogP contribution in [0.3, 0.4) is 0 Å². The van der Waals surface area contributed by atoms with Gasteiger partial charge in [0, 0.05) is 12.5 Å². The van der Waals surface area contributed by atoms with Crippen LogP contribution >= 0.6 is 0 Å². The molecule has 1 amide bonds. The van der Waals surface area contributed by atoms with E-state index in [9.17, 15) is 4.79 Å². The molecule has 3 aromatic rings. The smallest absolute Gasteiger partial charge is 0.223 e. The number of fused-ring (bicyclic) bond motifs is 1. The molecule has 0 atom stereocenters. The fourth-order valence-electron chi connectivity index (χ4n) is 4.76. The fourth-order valence-corrected chi connectivity index (χ4v) is 4.76. The molecule has 5 nitrogen and oxygen atoms in total. The first kappa shape index (κ1) is 22.4. The minimum atomic E-state index is 0.170. The molecule has 0 aliphatic heterocycles. The highest BCUT2D eigenvalue weighted by Crippen LogP contribution is 2.24. The zero-order valence-corrected chi connectivity index (χ0v) is 19.4. The van der Waals surface area contributed by atoms with Crippen molar-refractivity contribution in [2.75, 3.05) is 6.61 Å². The highest BCUT2D eigenvalue weighted by atomic mass is 16.5. The molecule has 1 N–H and O–H groups in total. The van der Waals surface area contributed by atoms with Gasteiger partial charge in [0.1, 0.15) is 11.6 Å². The Balaban J connectivity index is 1.34. The lowest BCUT2D eigenvalue weighted by Gasteiger charge is -2.20. The lowest BCUT2D eigenvalue weighted by atomic mass is 9.89. The summed E-state index contributed by atoms with van der Waals surface area (Å²) in [6, 6.07) is 14.6. The summed E-state index contributed by atoms with van der Waals surface area (Å²) in [6.45, 7) is 6.24. The minimum absolute atomic E-state index is 0.170. The third kappa shape index (κ3) is 5.70. The number of aryl methyl sites for hydroxylation is 3. The van der Waals surface area contributed by atoms with E-state index in [-0.39, 0.29) is 11.8 Å². The van der Waals surface area contributed by atoms with Crippen LogP contribution in [0.5, 0.6) is 5.75 Å². The van der Waals surface area contributed by atoms with Gasteiger partial charge in [-0.25, -0.2) is 4.98 Å². The van der Waals surface area contributed by atoms with Crippen LogP contribution in [0.4, 0.5) is 0 Å². The molecule has 0 saturated heterocycles. The zero-order chi connectivity index (χ0) is 22.3. The molecule has 1 fully saturated rings. The predicted molar refractivity (Wildman–Crippen MR) is 129 cm³/mol. The number of carbonyl (C=O) groups is 1. The molecule has 4 rings (SSSR count). The van der Waals surface area contributed by atoms with Crippen LogP contribution in [0, 0.1) is 19.8 Å². The van der Waals surface area contributed by atoms with Crippen molar-refractivity contribution in [2.45, 2.75) is 71.9 Å². The van der Waals surface area contributed by atoms with Crippen LogP contribution in [0.2, 0.25) is 0 Å². The van der Waals surface area contributed by atoms with Crippen LogP contribution in [0.15, 0.2) is 42.5 Å². The van der Waals surface area contributed by atoms with Gasteiger partial charge in [0.05, 0.1) is 24.2 Å². The second-order valence-electron chi connectivity index (χ2n) is 9.10. The number of para-hydroxylation sites is 2. The van der Waals surface area contributed by atoms with Gasteiger partial charge in [-0.05, 0) is 74.9 Å². The summed E-state index contributed by atoms with van der Waals surface area (Å²) in [5, 5.41) is 3.16. The summed E-state index contributed by atoms with van der Waals surface area (Å²) < 4.78 is 8.23. The first-order valence-electron chi connectivity index (χ1n) is 12.0. The number of unbranched alkanes of at least 4 members (excludes halogenated alkanes) is 1. The van der Waals surface area contributed by atoms with Crippen LogP contribution in [-0.2, 0) is 17.9 Å². The molecular weight excluding hydrogens is 398 g/mol. The van der Waals surface area contributed by atoms with Gasteiger partial charge in [0.15, 0.2) is 0 Å². The van der Waals surface area contributed by atoms with Crippen LogP contribution < -0.4 is 10.1 Å². The second kappa shape index (κ2) is 10.7. The van der Waals surface area contributed by atoms with Gasteiger partial charge in [-0.3, -0.25) is 4.79 Å². The molecule has 170 valence electrons. The average molecular weight is 434 g/mol. The van der Waals surface area contributed by atoms with Gasteiger partial charge < -0.3 is 14.6 Å². The van der Waals surface area contributed by atoms with Crippen LogP contribution in [0.1, 0.15) is 61.9 Å². The third-order valence-electron chi connectivity index (χ3n) is 6.37. The second-order valence-corrected chi connectivity index (χ2v) is 9.10.